The molecule has 0 atom stereocenters. The third-order valence-corrected chi connectivity index (χ3v) is 7.68. The highest BCUT2D eigenvalue weighted by atomic mass is 15.1. The Kier molecular flexibility index (Phi) is 5.41. The highest BCUT2D eigenvalue weighted by molar-refractivity contribution is 6.07. The number of anilines is 1. The molecule has 0 amide bonds. The molecule has 0 unspecified atom stereocenters. The molecule has 0 N–H and O–H groups in total. The van der Waals surface area contributed by atoms with Crippen LogP contribution in [0.4, 0.5) is 5.69 Å². The number of rotatable bonds is 4. The molecule has 35 heavy (non-hydrogen) atoms. The van der Waals surface area contributed by atoms with Gasteiger partial charge in [-0.25, -0.2) is 0 Å². The first-order valence-corrected chi connectivity index (χ1v) is 12.7. The highest BCUT2D eigenvalue weighted by Gasteiger charge is 2.21. The van der Waals surface area contributed by atoms with Gasteiger partial charge < -0.3 is 4.90 Å². The molecular formula is C34H31N. The summed E-state index contributed by atoms with van der Waals surface area (Å²) in [5.41, 5.74) is 13.1. The van der Waals surface area contributed by atoms with Crippen LogP contribution in [-0.4, -0.2) is 7.05 Å². The molecule has 2 aliphatic carbocycles. The van der Waals surface area contributed by atoms with Gasteiger partial charge in [-0.15, -0.1) is 0 Å². The van der Waals surface area contributed by atoms with Crippen molar-refractivity contribution in [1.29, 1.82) is 0 Å². The molecule has 1 nitrogen and oxygen atoms in total. The molecule has 1 heteroatoms. The van der Waals surface area contributed by atoms with Gasteiger partial charge in [0, 0.05) is 18.4 Å². The summed E-state index contributed by atoms with van der Waals surface area (Å²) in [5.74, 6) is 0. The molecule has 2 aliphatic rings. The zero-order valence-corrected chi connectivity index (χ0v) is 20.6. The van der Waals surface area contributed by atoms with E-state index in [-0.39, 0.29) is 0 Å². The van der Waals surface area contributed by atoms with Crippen molar-refractivity contribution in [3.05, 3.63) is 126 Å². The van der Waals surface area contributed by atoms with Crippen molar-refractivity contribution in [3.8, 4) is 22.3 Å². The summed E-state index contributed by atoms with van der Waals surface area (Å²) >= 11 is 0. The quantitative estimate of drug-likeness (QED) is 0.298. The fourth-order valence-electron chi connectivity index (χ4n) is 5.80. The number of allylic oxidation sites excluding steroid dienone is 3. The minimum Gasteiger partial charge on any atom is -0.344 e. The molecule has 6 rings (SSSR count). The lowest BCUT2D eigenvalue weighted by Gasteiger charge is -2.26. The van der Waals surface area contributed by atoms with Crippen molar-refractivity contribution in [2.45, 2.75) is 32.6 Å². The smallest absolute Gasteiger partial charge is 0.0438 e. The molecule has 4 aromatic carbocycles. The molecule has 0 aromatic heterocycles. The number of fused-ring (bicyclic) bond motifs is 5. The molecule has 0 saturated heterocycles. The molecule has 0 fully saturated rings. The largest absolute Gasteiger partial charge is 0.344 e. The van der Waals surface area contributed by atoms with Crippen LogP contribution in [0.1, 0.15) is 29.5 Å². The van der Waals surface area contributed by atoms with E-state index in [0.29, 0.717) is 0 Å². The van der Waals surface area contributed by atoms with Crippen LogP contribution in [0.3, 0.4) is 0 Å². The number of likely N-dealkylation sites (N-methyl/N-ethyl adjacent to an activating group) is 1. The van der Waals surface area contributed by atoms with E-state index in [4.69, 9.17) is 0 Å². The van der Waals surface area contributed by atoms with Crippen molar-refractivity contribution in [2.75, 3.05) is 11.9 Å². The van der Waals surface area contributed by atoms with Gasteiger partial charge in [0.05, 0.1) is 0 Å². The number of benzene rings is 4. The Morgan fingerprint density at radius 3 is 2.37 bits per heavy atom. The van der Waals surface area contributed by atoms with Crippen LogP contribution in [0.15, 0.2) is 109 Å². The van der Waals surface area contributed by atoms with Crippen LogP contribution in [0.2, 0.25) is 0 Å². The first kappa shape index (κ1) is 21.7. The molecular weight excluding hydrogens is 422 g/mol. The van der Waals surface area contributed by atoms with Crippen LogP contribution in [0, 0.1) is 6.92 Å². The molecule has 0 aliphatic heterocycles. The zero-order valence-electron chi connectivity index (χ0n) is 20.6. The molecule has 0 spiro atoms. The van der Waals surface area contributed by atoms with Crippen LogP contribution in [0.25, 0.3) is 33.0 Å². The van der Waals surface area contributed by atoms with Crippen LogP contribution in [0.5, 0.6) is 0 Å². The molecule has 4 aromatic rings. The average Bonchev–Trinajstić information content (AvgIpc) is 2.92. The molecule has 0 saturated carbocycles. The molecule has 0 radical (unpaired) electrons. The Bertz CT molecular complexity index is 1530. The van der Waals surface area contributed by atoms with Crippen molar-refractivity contribution in [3.63, 3.8) is 0 Å². The minimum absolute atomic E-state index is 1.05. The Hall–Kier alpha value is -3.84. The van der Waals surface area contributed by atoms with E-state index in [1.807, 2.05) is 0 Å². The second-order valence-electron chi connectivity index (χ2n) is 9.81. The Labute approximate surface area is 208 Å². The van der Waals surface area contributed by atoms with Gasteiger partial charge in [-0.3, -0.25) is 0 Å². The summed E-state index contributed by atoms with van der Waals surface area (Å²) < 4.78 is 0. The predicted octanol–water partition coefficient (Wildman–Crippen LogP) is 8.81. The minimum atomic E-state index is 1.05. The third kappa shape index (κ3) is 3.72. The Morgan fingerprint density at radius 1 is 0.800 bits per heavy atom. The third-order valence-electron chi connectivity index (χ3n) is 7.68. The Morgan fingerprint density at radius 2 is 1.57 bits per heavy atom. The first-order valence-electron chi connectivity index (χ1n) is 12.7. The SMILES string of the molecule is C=C(C1=CCCC=C1)N(C)c1ccc(-c2cc3c(c4ccccc24)-c2ccccc2CC3)cc1C. The molecule has 0 bridgehead atoms. The normalized spacial score (nSPS) is 14.3. The van der Waals surface area contributed by atoms with Crippen molar-refractivity contribution in [1.82, 2.24) is 0 Å². The number of nitrogens with zero attached hydrogens (tertiary/aromatic N) is 1. The van der Waals surface area contributed by atoms with E-state index >= 15 is 0 Å². The summed E-state index contributed by atoms with van der Waals surface area (Å²) in [6.45, 7) is 6.60. The summed E-state index contributed by atoms with van der Waals surface area (Å²) in [5, 5.41) is 2.68. The molecule has 0 heterocycles. The Balaban J connectivity index is 1.44. The van der Waals surface area contributed by atoms with Gasteiger partial charge in [-0.1, -0.05) is 79.4 Å². The maximum atomic E-state index is 4.39. The highest BCUT2D eigenvalue weighted by Crippen LogP contribution is 2.43. The van der Waals surface area contributed by atoms with Gasteiger partial charge in [-0.05, 0) is 106 Å². The maximum Gasteiger partial charge on any atom is 0.0438 e. The van der Waals surface area contributed by atoms with Gasteiger partial charge in [-0.2, -0.15) is 0 Å². The monoisotopic (exact) mass is 453 g/mol. The molecule has 172 valence electrons. The van der Waals surface area contributed by atoms with Gasteiger partial charge >= 0.3 is 0 Å². The number of hydrogen-bond acceptors (Lipinski definition) is 1. The number of hydrogen-bond donors (Lipinski definition) is 0. The van der Waals surface area contributed by atoms with Crippen LogP contribution >= 0.6 is 0 Å². The fourth-order valence-corrected chi connectivity index (χ4v) is 5.80. The van der Waals surface area contributed by atoms with Gasteiger partial charge in [0.25, 0.3) is 0 Å². The predicted molar refractivity (Wildman–Crippen MR) is 151 cm³/mol. The second kappa shape index (κ2) is 8.74. The lowest BCUT2D eigenvalue weighted by atomic mass is 9.80. The zero-order chi connectivity index (χ0) is 23.9. The summed E-state index contributed by atoms with van der Waals surface area (Å²) in [7, 11) is 2.12. The topological polar surface area (TPSA) is 3.24 Å². The van der Waals surface area contributed by atoms with E-state index in [1.54, 1.807) is 0 Å². The summed E-state index contributed by atoms with van der Waals surface area (Å²) in [6.07, 6.45) is 11.1. The van der Waals surface area contributed by atoms with Crippen molar-refractivity contribution < 1.29 is 0 Å². The lowest BCUT2D eigenvalue weighted by Crippen LogP contribution is -2.18. The summed E-state index contributed by atoms with van der Waals surface area (Å²) in [4.78, 5) is 2.22. The second-order valence-corrected chi connectivity index (χ2v) is 9.81. The maximum absolute atomic E-state index is 4.39. The van der Waals surface area contributed by atoms with E-state index in [2.05, 4.69) is 116 Å². The van der Waals surface area contributed by atoms with Gasteiger partial charge in [0.1, 0.15) is 0 Å². The van der Waals surface area contributed by atoms with Crippen molar-refractivity contribution >= 4 is 16.5 Å². The van der Waals surface area contributed by atoms with Crippen LogP contribution < -0.4 is 4.90 Å². The fraction of sp³-hybridized carbons (Fsp3) is 0.176. The van der Waals surface area contributed by atoms with E-state index in [0.717, 1.165) is 31.4 Å². The lowest BCUT2D eigenvalue weighted by molar-refractivity contribution is 0.945. The summed E-state index contributed by atoms with van der Waals surface area (Å²) in [6, 6.07) is 27.1. The van der Waals surface area contributed by atoms with Gasteiger partial charge in [0.2, 0.25) is 0 Å². The number of aryl methyl sites for hydroxylation is 3. The standard InChI is InChI=1S/C34H31N/c1-23-21-27(19-20-33(23)35(3)24(2)25-11-5-4-6-12-25)32-22-28-18-17-26-13-7-8-14-29(26)34(28)31-16-10-9-15-30(31)32/h5,7-16,19-22H,2,4,6,17-18H2,1,3H3. The van der Waals surface area contributed by atoms with Gasteiger partial charge in [0.15, 0.2) is 0 Å². The van der Waals surface area contributed by atoms with E-state index in [1.165, 1.54) is 61.0 Å². The first-order chi connectivity index (χ1) is 17.1. The van der Waals surface area contributed by atoms with E-state index < -0.39 is 0 Å². The average molecular weight is 454 g/mol. The van der Waals surface area contributed by atoms with E-state index in [9.17, 15) is 0 Å². The van der Waals surface area contributed by atoms with Crippen LogP contribution in [-0.2, 0) is 12.8 Å². The van der Waals surface area contributed by atoms with Crippen molar-refractivity contribution in [2.24, 2.45) is 0 Å².